The molecule has 1 aliphatic rings. The number of ketones is 1. The lowest BCUT2D eigenvalue weighted by molar-refractivity contribution is -0.122. The van der Waals surface area contributed by atoms with Crippen molar-refractivity contribution < 1.29 is 4.79 Å². The van der Waals surface area contributed by atoms with Gasteiger partial charge in [0.2, 0.25) is 0 Å². The second kappa shape index (κ2) is 7.44. The first-order valence-corrected chi connectivity index (χ1v) is 7.52. The SMILES string of the molecule is CC(=O)C1CCCN(CCCCc2ccccc2)C1. The molecule has 1 aromatic carbocycles. The topological polar surface area (TPSA) is 20.3 Å². The van der Waals surface area contributed by atoms with E-state index < -0.39 is 0 Å². The monoisotopic (exact) mass is 259 g/mol. The van der Waals surface area contributed by atoms with Crippen molar-refractivity contribution in [1.82, 2.24) is 4.90 Å². The Morgan fingerprint density at radius 1 is 1.26 bits per heavy atom. The van der Waals surface area contributed by atoms with E-state index in [9.17, 15) is 4.79 Å². The van der Waals surface area contributed by atoms with Crippen LogP contribution in [0.5, 0.6) is 0 Å². The van der Waals surface area contributed by atoms with E-state index in [1.165, 1.54) is 37.8 Å². The summed E-state index contributed by atoms with van der Waals surface area (Å²) in [4.78, 5) is 13.9. The number of Topliss-reactive ketones (excluding diaryl/α,β-unsaturated/α-hetero) is 1. The number of hydrogen-bond acceptors (Lipinski definition) is 2. The Hall–Kier alpha value is -1.15. The van der Waals surface area contributed by atoms with Crippen molar-refractivity contribution in [3.63, 3.8) is 0 Å². The van der Waals surface area contributed by atoms with Crippen LogP contribution < -0.4 is 0 Å². The van der Waals surface area contributed by atoms with Crippen LogP contribution in [0.15, 0.2) is 30.3 Å². The summed E-state index contributed by atoms with van der Waals surface area (Å²) in [7, 11) is 0. The summed E-state index contributed by atoms with van der Waals surface area (Å²) >= 11 is 0. The largest absolute Gasteiger partial charge is 0.303 e. The summed E-state index contributed by atoms with van der Waals surface area (Å²) in [5.41, 5.74) is 1.43. The van der Waals surface area contributed by atoms with E-state index in [2.05, 4.69) is 35.2 Å². The Bertz CT molecular complexity index is 388. The van der Waals surface area contributed by atoms with E-state index >= 15 is 0 Å². The molecule has 2 nitrogen and oxygen atoms in total. The molecule has 0 radical (unpaired) electrons. The van der Waals surface area contributed by atoms with Gasteiger partial charge >= 0.3 is 0 Å². The number of hydrogen-bond donors (Lipinski definition) is 0. The molecule has 104 valence electrons. The molecule has 2 heteroatoms. The number of rotatable bonds is 6. The summed E-state index contributed by atoms with van der Waals surface area (Å²) in [5, 5.41) is 0. The van der Waals surface area contributed by atoms with Crippen LogP contribution in [0, 0.1) is 5.92 Å². The van der Waals surface area contributed by atoms with Gasteiger partial charge in [-0.25, -0.2) is 0 Å². The average Bonchev–Trinajstić information content (AvgIpc) is 2.45. The first kappa shape index (κ1) is 14.3. The molecule has 0 saturated carbocycles. The molecule has 1 fully saturated rings. The van der Waals surface area contributed by atoms with Gasteiger partial charge in [-0.2, -0.15) is 0 Å². The lowest BCUT2D eigenvalue weighted by atomic mass is 9.94. The van der Waals surface area contributed by atoms with Crippen LogP contribution in [0.1, 0.15) is 38.2 Å². The molecule has 0 N–H and O–H groups in total. The molecule has 1 saturated heterocycles. The molecule has 1 aromatic rings. The van der Waals surface area contributed by atoms with E-state index in [1.807, 2.05) is 0 Å². The minimum atomic E-state index is 0.294. The van der Waals surface area contributed by atoms with Gasteiger partial charge in [-0.15, -0.1) is 0 Å². The predicted molar refractivity (Wildman–Crippen MR) is 79.2 cm³/mol. The molecule has 0 aromatic heterocycles. The zero-order valence-corrected chi connectivity index (χ0v) is 12.0. The van der Waals surface area contributed by atoms with Crippen molar-refractivity contribution in [2.45, 2.75) is 39.0 Å². The number of likely N-dealkylation sites (tertiary alicyclic amines) is 1. The standard InChI is InChI=1S/C17H25NO/c1-15(19)17-11-7-13-18(14-17)12-6-5-10-16-8-3-2-4-9-16/h2-4,8-9,17H,5-7,10-14H2,1H3. The molecular weight excluding hydrogens is 234 g/mol. The highest BCUT2D eigenvalue weighted by Crippen LogP contribution is 2.17. The molecular formula is C17H25NO. The Labute approximate surface area is 116 Å². The van der Waals surface area contributed by atoms with Crippen LogP contribution >= 0.6 is 0 Å². The molecule has 0 spiro atoms. The Kier molecular flexibility index (Phi) is 5.59. The fraction of sp³-hybridized carbons (Fsp3) is 0.588. The average molecular weight is 259 g/mol. The van der Waals surface area contributed by atoms with E-state index in [0.29, 0.717) is 11.7 Å². The highest BCUT2D eigenvalue weighted by Gasteiger charge is 2.22. The first-order chi connectivity index (χ1) is 9.25. The number of aryl methyl sites for hydroxylation is 1. The maximum atomic E-state index is 11.4. The lowest BCUT2D eigenvalue weighted by Gasteiger charge is -2.31. The molecule has 0 bridgehead atoms. The zero-order chi connectivity index (χ0) is 13.5. The van der Waals surface area contributed by atoms with Gasteiger partial charge in [0, 0.05) is 12.5 Å². The summed E-state index contributed by atoms with van der Waals surface area (Å²) in [6.07, 6.45) is 5.92. The van der Waals surface area contributed by atoms with Crippen LogP contribution in [-0.4, -0.2) is 30.3 Å². The Morgan fingerprint density at radius 3 is 2.79 bits per heavy atom. The van der Waals surface area contributed by atoms with Gasteiger partial charge < -0.3 is 4.90 Å². The van der Waals surface area contributed by atoms with Crippen molar-refractivity contribution in [3.05, 3.63) is 35.9 Å². The van der Waals surface area contributed by atoms with Gasteiger partial charge in [0.15, 0.2) is 0 Å². The van der Waals surface area contributed by atoms with E-state index in [1.54, 1.807) is 6.92 Å². The minimum Gasteiger partial charge on any atom is -0.303 e. The van der Waals surface area contributed by atoms with E-state index in [0.717, 1.165) is 19.5 Å². The molecule has 19 heavy (non-hydrogen) atoms. The zero-order valence-electron chi connectivity index (χ0n) is 12.0. The van der Waals surface area contributed by atoms with Crippen LogP contribution in [0.25, 0.3) is 0 Å². The molecule has 1 unspecified atom stereocenters. The molecule has 1 heterocycles. The fourth-order valence-corrected chi connectivity index (χ4v) is 2.90. The third kappa shape index (κ3) is 4.79. The third-order valence-electron chi connectivity index (χ3n) is 4.11. The van der Waals surface area contributed by atoms with Gasteiger partial charge in [0.1, 0.15) is 5.78 Å². The predicted octanol–water partition coefficient (Wildman–Crippen LogP) is 3.31. The summed E-state index contributed by atoms with van der Waals surface area (Å²) in [6, 6.07) is 10.7. The number of piperidine rings is 1. The van der Waals surface area contributed by atoms with Gasteiger partial charge in [0.05, 0.1) is 0 Å². The first-order valence-electron chi connectivity index (χ1n) is 7.52. The van der Waals surface area contributed by atoms with Crippen molar-refractivity contribution in [1.29, 1.82) is 0 Å². The van der Waals surface area contributed by atoms with Gasteiger partial charge in [0.25, 0.3) is 0 Å². The normalized spacial score (nSPS) is 20.4. The smallest absolute Gasteiger partial charge is 0.134 e. The summed E-state index contributed by atoms with van der Waals surface area (Å²) in [5.74, 6) is 0.664. The van der Waals surface area contributed by atoms with Gasteiger partial charge in [-0.05, 0) is 57.7 Å². The van der Waals surface area contributed by atoms with Crippen LogP contribution in [0.2, 0.25) is 0 Å². The number of carbonyl (C=O) groups excluding carboxylic acids is 1. The highest BCUT2D eigenvalue weighted by molar-refractivity contribution is 5.78. The number of unbranched alkanes of at least 4 members (excludes halogenated alkanes) is 1. The van der Waals surface area contributed by atoms with Crippen LogP contribution in [-0.2, 0) is 11.2 Å². The van der Waals surface area contributed by atoms with Crippen LogP contribution in [0.3, 0.4) is 0 Å². The van der Waals surface area contributed by atoms with E-state index in [4.69, 9.17) is 0 Å². The number of carbonyl (C=O) groups is 1. The maximum absolute atomic E-state index is 11.4. The third-order valence-corrected chi connectivity index (χ3v) is 4.11. The second-order valence-electron chi connectivity index (χ2n) is 5.69. The second-order valence-corrected chi connectivity index (χ2v) is 5.69. The van der Waals surface area contributed by atoms with Crippen LogP contribution in [0.4, 0.5) is 0 Å². The highest BCUT2D eigenvalue weighted by atomic mass is 16.1. The quantitative estimate of drug-likeness (QED) is 0.731. The molecule has 1 atom stereocenters. The molecule has 2 rings (SSSR count). The van der Waals surface area contributed by atoms with Crippen molar-refractivity contribution >= 4 is 5.78 Å². The van der Waals surface area contributed by atoms with Crippen molar-refractivity contribution in [2.24, 2.45) is 5.92 Å². The number of nitrogens with zero attached hydrogens (tertiary/aromatic N) is 1. The summed E-state index contributed by atoms with van der Waals surface area (Å²) < 4.78 is 0. The maximum Gasteiger partial charge on any atom is 0.134 e. The van der Waals surface area contributed by atoms with Gasteiger partial charge in [-0.1, -0.05) is 30.3 Å². The van der Waals surface area contributed by atoms with Crippen molar-refractivity contribution in [2.75, 3.05) is 19.6 Å². The molecule has 0 aliphatic carbocycles. The fourth-order valence-electron chi connectivity index (χ4n) is 2.90. The lowest BCUT2D eigenvalue weighted by Crippen LogP contribution is -2.38. The van der Waals surface area contributed by atoms with Crippen molar-refractivity contribution in [3.8, 4) is 0 Å². The van der Waals surface area contributed by atoms with Gasteiger partial charge in [-0.3, -0.25) is 4.79 Å². The number of benzene rings is 1. The van der Waals surface area contributed by atoms with E-state index in [-0.39, 0.29) is 0 Å². The summed E-state index contributed by atoms with van der Waals surface area (Å²) in [6.45, 7) is 5.05. The minimum absolute atomic E-state index is 0.294. The molecule has 1 aliphatic heterocycles. The molecule has 0 amide bonds. The Balaban J connectivity index is 1.64. The Morgan fingerprint density at radius 2 is 2.05 bits per heavy atom.